The monoisotopic (exact) mass is 420 g/mol. The van der Waals surface area contributed by atoms with Gasteiger partial charge in [0.05, 0.1) is 10.7 Å². The van der Waals surface area contributed by atoms with Crippen molar-refractivity contribution in [2.24, 2.45) is 0 Å². The van der Waals surface area contributed by atoms with Crippen LogP contribution in [-0.2, 0) is 6.54 Å². The molecule has 1 aromatic carbocycles. The van der Waals surface area contributed by atoms with Crippen LogP contribution >= 0.6 is 11.6 Å². The van der Waals surface area contributed by atoms with Crippen molar-refractivity contribution in [1.82, 2.24) is 14.5 Å². The lowest BCUT2D eigenvalue weighted by atomic mass is 10.1. The Hall–Kier alpha value is -2.58. The number of anilines is 1. The number of piperazine rings is 1. The Kier molecular flexibility index (Phi) is 5.73. The number of rotatable bonds is 4. The standard InChI is InChI=1S/C20H25ClN4O4/c21-16-5-3-4-15(19(16)23-8-1-2-9-23)14-22-10-12-24(13-11-22)20(28)29-25-17(26)6-7-18(25)27/h3-7,26-27H,1-2,8-14H2. The first-order chi connectivity index (χ1) is 14.0. The highest BCUT2D eigenvalue weighted by molar-refractivity contribution is 6.33. The summed E-state index contributed by atoms with van der Waals surface area (Å²) >= 11 is 6.51. The Morgan fingerprint density at radius 3 is 2.28 bits per heavy atom. The predicted octanol–water partition coefficient (Wildman–Crippen LogP) is 2.52. The zero-order valence-electron chi connectivity index (χ0n) is 16.1. The Bertz CT molecular complexity index is 854. The maximum absolute atomic E-state index is 12.3. The molecule has 2 aliphatic rings. The Labute approximate surface area is 174 Å². The van der Waals surface area contributed by atoms with Crippen molar-refractivity contribution in [2.45, 2.75) is 19.4 Å². The van der Waals surface area contributed by atoms with Crippen molar-refractivity contribution >= 4 is 23.4 Å². The minimum absolute atomic E-state index is 0.329. The van der Waals surface area contributed by atoms with Gasteiger partial charge in [-0.25, -0.2) is 4.79 Å². The van der Waals surface area contributed by atoms with Crippen LogP contribution in [0.2, 0.25) is 5.02 Å². The largest absolute Gasteiger partial charge is 0.492 e. The summed E-state index contributed by atoms with van der Waals surface area (Å²) in [5, 5.41) is 20.0. The zero-order valence-corrected chi connectivity index (χ0v) is 16.9. The number of aromatic hydroxyl groups is 2. The molecule has 156 valence electrons. The third-order valence-electron chi connectivity index (χ3n) is 5.48. The number of aromatic nitrogens is 1. The molecule has 0 unspecified atom stereocenters. The Balaban J connectivity index is 1.36. The van der Waals surface area contributed by atoms with Crippen LogP contribution in [0.5, 0.6) is 11.8 Å². The van der Waals surface area contributed by atoms with E-state index in [1.54, 1.807) is 4.90 Å². The van der Waals surface area contributed by atoms with E-state index in [9.17, 15) is 15.0 Å². The molecule has 0 radical (unpaired) electrons. The van der Waals surface area contributed by atoms with E-state index < -0.39 is 6.09 Å². The zero-order chi connectivity index (χ0) is 20.4. The van der Waals surface area contributed by atoms with Gasteiger partial charge in [-0.2, -0.15) is 0 Å². The third kappa shape index (κ3) is 4.23. The van der Waals surface area contributed by atoms with E-state index in [1.807, 2.05) is 12.1 Å². The molecule has 2 aromatic rings. The lowest BCUT2D eigenvalue weighted by Crippen LogP contribution is -2.50. The third-order valence-corrected chi connectivity index (χ3v) is 5.79. The predicted molar refractivity (Wildman–Crippen MR) is 109 cm³/mol. The number of para-hydroxylation sites is 1. The first kappa shape index (κ1) is 19.7. The molecule has 29 heavy (non-hydrogen) atoms. The van der Waals surface area contributed by atoms with Gasteiger partial charge in [-0.15, -0.1) is 4.73 Å². The normalized spacial score (nSPS) is 17.7. The van der Waals surface area contributed by atoms with Crippen molar-refractivity contribution in [3.05, 3.63) is 40.9 Å². The number of hydrogen-bond donors (Lipinski definition) is 2. The fourth-order valence-corrected chi connectivity index (χ4v) is 4.26. The fourth-order valence-electron chi connectivity index (χ4n) is 3.94. The topological polar surface area (TPSA) is 81.4 Å². The van der Waals surface area contributed by atoms with Crippen LogP contribution in [0.25, 0.3) is 0 Å². The van der Waals surface area contributed by atoms with Crippen LogP contribution in [0, 0.1) is 0 Å². The second-order valence-corrected chi connectivity index (χ2v) is 7.81. The molecule has 0 saturated carbocycles. The summed E-state index contributed by atoms with van der Waals surface area (Å²) in [6.45, 7) is 5.25. The number of carbonyl (C=O) groups excluding carboxylic acids is 1. The maximum Gasteiger partial charge on any atom is 0.434 e. The molecule has 9 heteroatoms. The second kappa shape index (κ2) is 8.42. The van der Waals surface area contributed by atoms with Crippen LogP contribution in [0.15, 0.2) is 30.3 Å². The van der Waals surface area contributed by atoms with Crippen LogP contribution in [0.1, 0.15) is 18.4 Å². The number of benzene rings is 1. The highest BCUT2D eigenvalue weighted by atomic mass is 35.5. The molecule has 0 bridgehead atoms. The molecular weight excluding hydrogens is 396 g/mol. The summed E-state index contributed by atoms with van der Waals surface area (Å²) < 4.78 is 0.711. The Morgan fingerprint density at radius 2 is 1.62 bits per heavy atom. The van der Waals surface area contributed by atoms with Crippen molar-refractivity contribution in [3.8, 4) is 11.8 Å². The molecule has 2 saturated heterocycles. The van der Waals surface area contributed by atoms with Gasteiger partial charge in [0.2, 0.25) is 11.8 Å². The second-order valence-electron chi connectivity index (χ2n) is 7.41. The number of hydrogen-bond acceptors (Lipinski definition) is 6. The average molecular weight is 421 g/mol. The van der Waals surface area contributed by atoms with Crippen LogP contribution in [-0.4, -0.2) is 70.1 Å². The van der Waals surface area contributed by atoms with Gasteiger partial charge in [-0.3, -0.25) is 4.90 Å². The van der Waals surface area contributed by atoms with Crippen molar-refractivity contribution in [1.29, 1.82) is 0 Å². The lowest BCUT2D eigenvalue weighted by Gasteiger charge is -2.34. The van der Waals surface area contributed by atoms with Gasteiger partial charge >= 0.3 is 6.09 Å². The van der Waals surface area contributed by atoms with Crippen LogP contribution < -0.4 is 9.74 Å². The van der Waals surface area contributed by atoms with E-state index in [4.69, 9.17) is 16.4 Å². The summed E-state index contributed by atoms with van der Waals surface area (Å²) in [7, 11) is 0. The quantitative estimate of drug-likeness (QED) is 0.791. The highest BCUT2D eigenvalue weighted by Crippen LogP contribution is 2.33. The smallest absolute Gasteiger partial charge is 0.434 e. The summed E-state index contributed by atoms with van der Waals surface area (Å²) in [4.78, 5) is 23.6. The van der Waals surface area contributed by atoms with E-state index in [2.05, 4.69) is 15.9 Å². The molecule has 0 spiro atoms. The van der Waals surface area contributed by atoms with Crippen LogP contribution in [0.3, 0.4) is 0 Å². The average Bonchev–Trinajstić information content (AvgIpc) is 3.34. The SMILES string of the molecule is O=C(On1c(O)ccc1O)N1CCN(Cc2cccc(Cl)c2N2CCCC2)CC1. The molecule has 2 N–H and O–H groups in total. The van der Waals surface area contributed by atoms with Crippen molar-refractivity contribution < 1.29 is 19.8 Å². The molecule has 4 rings (SSSR count). The van der Waals surface area contributed by atoms with E-state index in [0.29, 0.717) is 30.9 Å². The number of carbonyl (C=O) groups is 1. The number of amides is 1. The summed E-state index contributed by atoms with van der Waals surface area (Å²) in [5.74, 6) is -0.658. The van der Waals surface area contributed by atoms with E-state index in [1.165, 1.54) is 30.5 Å². The lowest BCUT2D eigenvalue weighted by molar-refractivity contribution is 0.0556. The summed E-state index contributed by atoms with van der Waals surface area (Å²) in [6, 6.07) is 8.56. The number of halogens is 1. The minimum atomic E-state index is -0.605. The van der Waals surface area contributed by atoms with Crippen LogP contribution in [0.4, 0.5) is 10.5 Å². The molecule has 3 heterocycles. The molecule has 1 amide bonds. The van der Waals surface area contributed by atoms with Gasteiger partial charge in [0.1, 0.15) is 0 Å². The highest BCUT2D eigenvalue weighted by Gasteiger charge is 2.26. The molecule has 1 aromatic heterocycles. The minimum Gasteiger partial charge on any atom is -0.492 e. The fraction of sp³-hybridized carbons (Fsp3) is 0.450. The van der Waals surface area contributed by atoms with E-state index in [0.717, 1.165) is 30.3 Å². The summed E-state index contributed by atoms with van der Waals surface area (Å²) in [6.07, 6.45) is 1.78. The van der Waals surface area contributed by atoms with Gasteiger partial charge < -0.3 is 24.9 Å². The van der Waals surface area contributed by atoms with E-state index >= 15 is 0 Å². The molecule has 2 fully saturated rings. The van der Waals surface area contributed by atoms with Crippen molar-refractivity contribution in [2.75, 3.05) is 44.2 Å². The first-order valence-corrected chi connectivity index (χ1v) is 10.2. The van der Waals surface area contributed by atoms with Gasteiger partial charge in [-0.1, -0.05) is 23.7 Å². The summed E-state index contributed by atoms with van der Waals surface area (Å²) in [5.41, 5.74) is 2.34. The molecule has 0 aliphatic carbocycles. The molecule has 0 atom stereocenters. The van der Waals surface area contributed by atoms with E-state index in [-0.39, 0.29) is 11.8 Å². The molecular formula is C20H25ClN4O4. The first-order valence-electron chi connectivity index (χ1n) is 9.84. The molecule has 8 nitrogen and oxygen atoms in total. The van der Waals surface area contributed by atoms with Crippen molar-refractivity contribution in [3.63, 3.8) is 0 Å². The van der Waals surface area contributed by atoms with Gasteiger partial charge in [0.25, 0.3) is 0 Å². The maximum atomic E-state index is 12.3. The van der Waals surface area contributed by atoms with Gasteiger partial charge in [-0.05, 0) is 24.5 Å². The number of nitrogens with zero attached hydrogens (tertiary/aromatic N) is 4. The Morgan fingerprint density at radius 1 is 0.966 bits per heavy atom. The van der Waals surface area contributed by atoms with Gasteiger partial charge in [0.15, 0.2) is 0 Å². The molecule has 2 aliphatic heterocycles. The van der Waals surface area contributed by atoms with Gasteiger partial charge in [0, 0.05) is 57.9 Å².